The van der Waals surface area contributed by atoms with Crippen LogP contribution in [0.3, 0.4) is 0 Å². The van der Waals surface area contributed by atoms with Crippen molar-refractivity contribution in [3.8, 4) is 0 Å². The van der Waals surface area contributed by atoms with Crippen LogP contribution in [-0.2, 0) is 6.54 Å². The van der Waals surface area contributed by atoms with E-state index in [1.165, 1.54) is 12.0 Å². The highest BCUT2D eigenvalue weighted by Crippen LogP contribution is 2.23. The predicted octanol–water partition coefficient (Wildman–Crippen LogP) is 1.73. The molecule has 2 rings (SSSR count). The van der Waals surface area contributed by atoms with Gasteiger partial charge in [0.25, 0.3) is 0 Å². The second kappa shape index (κ2) is 6.86. The molecule has 110 valence electrons. The minimum atomic E-state index is -0.391. The second-order valence-corrected chi connectivity index (χ2v) is 5.75. The molecule has 0 bridgehead atoms. The number of rotatable bonds is 5. The number of benzene rings is 1. The van der Waals surface area contributed by atoms with Crippen LogP contribution in [0.4, 0.5) is 0 Å². The average molecular weight is 276 g/mol. The average Bonchev–Trinajstić information content (AvgIpc) is 2.42. The Morgan fingerprint density at radius 2 is 2.15 bits per heavy atom. The van der Waals surface area contributed by atoms with Crippen molar-refractivity contribution >= 4 is 5.91 Å². The zero-order chi connectivity index (χ0) is 14.5. The van der Waals surface area contributed by atoms with E-state index in [1.54, 1.807) is 6.07 Å². The SMILES string of the molecule is Cc1cc(C(N)=O)ccc1CNCC1CCCCC1O. The number of carbonyl (C=O) groups is 1. The van der Waals surface area contributed by atoms with Crippen LogP contribution in [-0.4, -0.2) is 23.7 Å². The summed E-state index contributed by atoms with van der Waals surface area (Å²) >= 11 is 0. The van der Waals surface area contributed by atoms with Crippen molar-refractivity contribution in [3.63, 3.8) is 0 Å². The number of amides is 1. The minimum Gasteiger partial charge on any atom is -0.393 e. The Balaban J connectivity index is 1.86. The normalized spacial score (nSPS) is 22.7. The standard InChI is InChI=1S/C16H24N2O2/c1-11-8-12(16(17)20)6-7-13(11)9-18-10-14-4-2-3-5-15(14)19/h6-8,14-15,18-19H,2-5,9-10H2,1H3,(H2,17,20). The van der Waals surface area contributed by atoms with Crippen molar-refractivity contribution < 1.29 is 9.90 Å². The summed E-state index contributed by atoms with van der Waals surface area (Å²) in [5.74, 6) is -0.0214. The number of hydrogen-bond donors (Lipinski definition) is 3. The molecule has 0 spiro atoms. The van der Waals surface area contributed by atoms with Crippen LogP contribution < -0.4 is 11.1 Å². The molecule has 1 aromatic carbocycles. The molecule has 0 heterocycles. The number of nitrogens with two attached hydrogens (primary N) is 1. The number of hydrogen-bond acceptors (Lipinski definition) is 3. The fraction of sp³-hybridized carbons (Fsp3) is 0.562. The fourth-order valence-electron chi connectivity index (χ4n) is 2.87. The molecule has 1 aliphatic rings. The van der Waals surface area contributed by atoms with Crippen LogP contribution in [0.1, 0.15) is 47.2 Å². The quantitative estimate of drug-likeness (QED) is 0.766. The number of aryl methyl sites for hydroxylation is 1. The van der Waals surface area contributed by atoms with Crippen LogP contribution in [0.25, 0.3) is 0 Å². The molecule has 0 aromatic heterocycles. The summed E-state index contributed by atoms with van der Waals surface area (Å²) in [6.45, 7) is 3.59. The maximum Gasteiger partial charge on any atom is 0.248 e. The van der Waals surface area contributed by atoms with Gasteiger partial charge in [-0.2, -0.15) is 0 Å². The third kappa shape index (κ3) is 3.81. The van der Waals surface area contributed by atoms with Gasteiger partial charge in [0.2, 0.25) is 5.91 Å². The summed E-state index contributed by atoms with van der Waals surface area (Å²) in [7, 11) is 0. The highest BCUT2D eigenvalue weighted by Gasteiger charge is 2.22. The maximum atomic E-state index is 11.1. The lowest BCUT2D eigenvalue weighted by atomic mass is 9.86. The van der Waals surface area contributed by atoms with Gasteiger partial charge in [-0.05, 0) is 48.9 Å². The number of aliphatic hydroxyl groups excluding tert-OH is 1. The molecule has 1 aromatic rings. The van der Waals surface area contributed by atoms with Crippen LogP contribution in [0.2, 0.25) is 0 Å². The van der Waals surface area contributed by atoms with Crippen molar-refractivity contribution in [2.24, 2.45) is 11.7 Å². The van der Waals surface area contributed by atoms with E-state index in [1.807, 2.05) is 19.1 Å². The highest BCUT2D eigenvalue weighted by molar-refractivity contribution is 5.93. The molecular formula is C16H24N2O2. The van der Waals surface area contributed by atoms with Crippen LogP contribution in [0.5, 0.6) is 0 Å². The van der Waals surface area contributed by atoms with Crippen molar-refractivity contribution in [3.05, 3.63) is 34.9 Å². The highest BCUT2D eigenvalue weighted by atomic mass is 16.3. The number of nitrogens with one attached hydrogen (secondary N) is 1. The Morgan fingerprint density at radius 3 is 2.80 bits per heavy atom. The molecule has 20 heavy (non-hydrogen) atoms. The lowest BCUT2D eigenvalue weighted by Gasteiger charge is -2.27. The van der Waals surface area contributed by atoms with Gasteiger partial charge in [0.1, 0.15) is 0 Å². The molecule has 4 heteroatoms. The van der Waals surface area contributed by atoms with Gasteiger partial charge in [0.05, 0.1) is 6.10 Å². The van der Waals surface area contributed by atoms with Crippen molar-refractivity contribution in [2.75, 3.05) is 6.54 Å². The Hall–Kier alpha value is -1.39. The Morgan fingerprint density at radius 1 is 1.40 bits per heavy atom. The Bertz CT molecular complexity index is 474. The smallest absolute Gasteiger partial charge is 0.248 e. The topological polar surface area (TPSA) is 75.4 Å². The first-order valence-corrected chi connectivity index (χ1v) is 7.36. The third-order valence-corrected chi connectivity index (χ3v) is 4.22. The van der Waals surface area contributed by atoms with E-state index in [9.17, 15) is 9.90 Å². The van der Waals surface area contributed by atoms with E-state index in [0.717, 1.165) is 37.9 Å². The first kappa shape index (κ1) is 15.0. The summed E-state index contributed by atoms with van der Waals surface area (Å²) < 4.78 is 0. The minimum absolute atomic E-state index is 0.158. The molecule has 1 fully saturated rings. The number of aliphatic hydroxyl groups is 1. The Labute approximate surface area is 120 Å². The largest absolute Gasteiger partial charge is 0.393 e. The van der Waals surface area contributed by atoms with Gasteiger partial charge in [-0.1, -0.05) is 18.9 Å². The summed E-state index contributed by atoms with van der Waals surface area (Å²) in [5, 5.41) is 13.3. The molecule has 0 radical (unpaired) electrons. The van der Waals surface area contributed by atoms with Crippen LogP contribution >= 0.6 is 0 Å². The summed E-state index contributed by atoms with van der Waals surface area (Å²) in [4.78, 5) is 11.1. The lowest BCUT2D eigenvalue weighted by molar-refractivity contribution is 0.0695. The van der Waals surface area contributed by atoms with Crippen molar-refractivity contribution in [1.82, 2.24) is 5.32 Å². The first-order valence-electron chi connectivity index (χ1n) is 7.36. The van der Waals surface area contributed by atoms with E-state index in [-0.39, 0.29) is 6.10 Å². The third-order valence-electron chi connectivity index (χ3n) is 4.22. The van der Waals surface area contributed by atoms with Gasteiger partial charge in [-0.15, -0.1) is 0 Å². The van der Waals surface area contributed by atoms with Gasteiger partial charge >= 0.3 is 0 Å². The molecular weight excluding hydrogens is 252 g/mol. The molecule has 2 unspecified atom stereocenters. The maximum absolute atomic E-state index is 11.1. The molecule has 4 N–H and O–H groups in total. The molecule has 2 atom stereocenters. The van der Waals surface area contributed by atoms with E-state index in [0.29, 0.717) is 11.5 Å². The van der Waals surface area contributed by atoms with E-state index in [2.05, 4.69) is 5.32 Å². The van der Waals surface area contributed by atoms with Gasteiger partial charge in [-0.25, -0.2) is 0 Å². The van der Waals surface area contributed by atoms with Crippen LogP contribution in [0, 0.1) is 12.8 Å². The number of primary amides is 1. The molecule has 1 saturated carbocycles. The number of carbonyl (C=O) groups excluding carboxylic acids is 1. The van der Waals surface area contributed by atoms with E-state index < -0.39 is 5.91 Å². The summed E-state index contributed by atoms with van der Waals surface area (Å²) in [6.07, 6.45) is 4.24. The monoisotopic (exact) mass is 276 g/mol. The van der Waals surface area contributed by atoms with Gasteiger partial charge in [-0.3, -0.25) is 4.79 Å². The first-order chi connectivity index (χ1) is 9.58. The molecule has 4 nitrogen and oxygen atoms in total. The van der Waals surface area contributed by atoms with Crippen molar-refractivity contribution in [2.45, 2.75) is 45.3 Å². The molecule has 0 saturated heterocycles. The molecule has 0 aliphatic heterocycles. The molecule has 1 aliphatic carbocycles. The van der Waals surface area contributed by atoms with Gasteiger partial charge in [0, 0.05) is 18.7 Å². The fourth-order valence-corrected chi connectivity index (χ4v) is 2.87. The second-order valence-electron chi connectivity index (χ2n) is 5.75. The zero-order valence-corrected chi connectivity index (χ0v) is 12.1. The van der Waals surface area contributed by atoms with Gasteiger partial charge < -0.3 is 16.2 Å². The summed E-state index contributed by atoms with van der Waals surface area (Å²) in [6, 6.07) is 5.54. The van der Waals surface area contributed by atoms with Gasteiger partial charge in [0.15, 0.2) is 0 Å². The van der Waals surface area contributed by atoms with Crippen molar-refractivity contribution in [1.29, 1.82) is 0 Å². The summed E-state index contributed by atoms with van der Waals surface area (Å²) in [5.41, 5.74) is 8.05. The predicted molar refractivity (Wildman–Crippen MR) is 79.4 cm³/mol. The molecule has 1 amide bonds. The van der Waals surface area contributed by atoms with E-state index in [4.69, 9.17) is 5.73 Å². The Kier molecular flexibility index (Phi) is 5.15. The van der Waals surface area contributed by atoms with Crippen LogP contribution in [0.15, 0.2) is 18.2 Å². The zero-order valence-electron chi connectivity index (χ0n) is 12.1. The van der Waals surface area contributed by atoms with E-state index >= 15 is 0 Å². The lowest BCUT2D eigenvalue weighted by Crippen LogP contribution is -2.33.